The lowest BCUT2D eigenvalue weighted by molar-refractivity contribution is -0.160. The van der Waals surface area contributed by atoms with Crippen molar-refractivity contribution in [2.45, 2.75) is 31.3 Å². The van der Waals surface area contributed by atoms with E-state index in [1.54, 1.807) is 14.1 Å². The summed E-state index contributed by atoms with van der Waals surface area (Å²) in [6, 6.07) is -2.08. The van der Waals surface area contributed by atoms with E-state index in [0.29, 0.717) is 19.4 Å². The monoisotopic (exact) mass is 306 g/mol. The molecule has 1 saturated heterocycles. The molecule has 2 atom stereocenters. The molecule has 0 aromatic rings. The highest BCUT2D eigenvalue weighted by atomic mass is 32.2. The van der Waals surface area contributed by atoms with Crippen LogP contribution in [0.4, 0.5) is 4.79 Å². The summed E-state index contributed by atoms with van der Waals surface area (Å²) in [6.45, 7) is 0.326. The summed E-state index contributed by atoms with van der Waals surface area (Å²) in [5, 5.41) is 13.2. The Bertz CT molecular complexity index is 430. The van der Waals surface area contributed by atoms with Crippen molar-refractivity contribution in [3.63, 3.8) is 0 Å². The van der Waals surface area contributed by atoms with Crippen LogP contribution in [0.5, 0.6) is 0 Å². The number of aliphatic carboxylic acids is 1. The van der Waals surface area contributed by atoms with Crippen LogP contribution in [0.15, 0.2) is 0 Å². The van der Waals surface area contributed by atoms with Gasteiger partial charge in [-0.2, -0.15) is 10.9 Å². The van der Waals surface area contributed by atoms with E-state index < -0.39 is 28.7 Å². The second kappa shape index (κ2) is 7.46. The number of hydrogen-bond donors (Lipinski definition) is 2. The van der Waals surface area contributed by atoms with E-state index in [0.717, 1.165) is 11.5 Å². The summed E-state index contributed by atoms with van der Waals surface area (Å²) < 4.78 is 16.0. The zero-order valence-electron chi connectivity index (χ0n) is 11.6. The summed E-state index contributed by atoms with van der Waals surface area (Å²) in [5.41, 5.74) is 0. The number of carbonyl (C=O) groups excluding carboxylic acids is 1. The number of carboxylic acid groups (broad SMARTS) is 1. The number of nitrogens with one attached hydrogen (secondary N) is 1. The number of hydrogen-bond acceptors (Lipinski definition) is 6. The van der Waals surface area contributed by atoms with Crippen molar-refractivity contribution in [2.24, 2.45) is 0 Å². The molecular weight excluding hydrogens is 286 g/mol. The standard InChI is InChI=1S/C11H20N3O5S/c1-13(2)11(17)12-8-6-4-5-7-14(19-20(3)18)9(8)10(15)16/h8-9H,3-7H2,1-2H3,(H,12,17)(H,15,16)/q-1. The summed E-state index contributed by atoms with van der Waals surface area (Å²) in [7, 11) is 1.29. The van der Waals surface area contributed by atoms with Gasteiger partial charge in [-0.3, -0.25) is 4.79 Å². The first kappa shape index (κ1) is 16.7. The minimum absolute atomic E-state index is 0.326. The maximum absolute atomic E-state index is 11.7. The van der Waals surface area contributed by atoms with E-state index in [1.807, 2.05) is 0 Å². The topological polar surface area (TPSA) is 99.2 Å². The van der Waals surface area contributed by atoms with Gasteiger partial charge in [0.05, 0.1) is 6.04 Å². The fourth-order valence-corrected chi connectivity index (χ4v) is 2.43. The van der Waals surface area contributed by atoms with Gasteiger partial charge in [0.15, 0.2) is 6.04 Å². The van der Waals surface area contributed by atoms with Gasteiger partial charge in [-0.1, -0.05) is 0 Å². The van der Waals surface area contributed by atoms with Gasteiger partial charge in [0.1, 0.15) is 0 Å². The number of carbonyl (C=O) groups is 2. The molecule has 2 unspecified atom stereocenters. The highest BCUT2D eigenvalue weighted by Gasteiger charge is 2.36. The molecule has 1 fully saturated rings. The van der Waals surface area contributed by atoms with E-state index >= 15 is 0 Å². The lowest BCUT2D eigenvalue weighted by Gasteiger charge is -2.33. The Morgan fingerprint density at radius 3 is 2.60 bits per heavy atom. The Kier molecular flexibility index (Phi) is 6.24. The van der Waals surface area contributed by atoms with Crippen LogP contribution in [-0.4, -0.2) is 65.7 Å². The predicted molar refractivity (Wildman–Crippen MR) is 74.2 cm³/mol. The molecule has 0 aromatic heterocycles. The molecule has 1 aliphatic rings. The molecule has 0 spiro atoms. The van der Waals surface area contributed by atoms with E-state index in [2.05, 4.69) is 11.2 Å². The minimum Gasteiger partial charge on any atom is -0.480 e. The van der Waals surface area contributed by atoms with Crippen LogP contribution in [0.25, 0.3) is 0 Å². The highest BCUT2D eigenvalue weighted by Crippen LogP contribution is 2.18. The molecule has 0 aliphatic carbocycles. The summed E-state index contributed by atoms with van der Waals surface area (Å²) in [6.07, 6.45) is 1.95. The first-order valence-electron chi connectivity index (χ1n) is 6.20. The Balaban J connectivity index is 2.93. The number of urea groups is 1. The van der Waals surface area contributed by atoms with Gasteiger partial charge in [-0.15, -0.1) is 10.7 Å². The van der Waals surface area contributed by atoms with E-state index in [1.165, 1.54) is 4.90 Å². The summed E-state index contributed by atoms with van der Waals surface area (Å²) in [4.78, 5) is 24.5. The number of nitrogens with zero attached hydrogens (tertiary/aromatic N) is 2. The number of carboxylic acids is 1. The van der Waals surface area contributed by atoms with Crippen molar-refractivity contribution in [1.82, 2.24) is 15.3 Å². The second-order valence-corrected chi connectivity index (χ2v) is 5.50. The van der Waals surface area contributed by atoms with Crippen LogP contribution in [0, 0.1) is 0 Å². The number of rotatable bonds is 4. The molecule has 1 rings (SSSR count). The second-order valence-electron chi connectivity index (χ2n) is 4.75. The fraction of sp³-hybridized carbons (Fsp3) is 0.727. The third-order valence-electron chi connectivity index (χ3n) is 2.98. The van der Waals surface area contributed by atoms with Gasteiger partial charge in [0.2, 0.25) is 0 Å². The Morgan fingerprint density at radius 1 is 1.45 bits per heavy atom. The van der Waals surface area contributed by atoms with Gasteiger partial charge in [-0.25, -0.2) is 4.79 Å². The molecule has 20 heavy (non-hydrogen) atoms. The highest BCUT2D eigenvalue weighted by molar-refractivity contribution is 7.77. The number of hydroxylamine groups is 2. The molecular formula is C11H20N3O5S-. The molecule has 2 amide bonds. The van der Waals surface area contributed by atoms with Crippen molar-refractivity contribution >= 4 is 28.5 Å². The third kappa shape index (κ3) is 4.66. The average Bonchev–Trinajstić information content (AvgIpc) is 2.50. The molecule has 0 aromatic carbocycles. The molecule has 9 heteroatoms. The lowest BCUT2D eigenvalue weighted by Crippen LogP contribution is -2.56. The van der Waals surface area contributed by atoms with Crippen molar-refractivity contribution in [1.29, 1.82) is 0 Å². The average molecular weight is 306 g/mol. The minimum atomic E-state index is -1.86. The van der Waals surface area contributed by atoms with Crippen molar-refractivity contribution in [3.05, 3.63) is 0 Å². The van der Waals surface area contributed by atoms with Crippen molar-refractivity contribution in [2.75, 3.05) is 20.6 Å². The van der Waals surface area contributed by atoms with Crippen molar-refractivity contribution in [3.8, 4) is 0 Å². The van der Waals surface area contributed by atoms with Crippen molar-refractivity contribution < 1.29 is 23.2 Å². The van der Waals surface area contributed by atoms with Crippen LogP contribution >= 0.6 is 0 Å². The molecule has 0 bridgehead atoms. The quantitative estimate of drug-likeness (QED) is 0.551. The van der Waals surface area contributed by atoms with Gasteiger partial charge in [-0.05, 0) is 19.3 Å². The molecule has 2 N–H and O–H groups in total. The van der Waals surface area contributed by atoms with Gasteiger partial charge >= 0.3 is 12.0 Å². The molecule has 0 saturated carbocycles. The largest absolute Gasteiger partial charge is 0.480 e. The Morgan fingerprint density at radius 2 is 2.10 bits per heavy atom. The van der Waals surface area contributed by atoms with Crippen LogP contribution in [0.1, 0.15) is 19.3 Å². The summed E-state index contributed by atoms with van der Waals surface area (Å²) >= 11 is 0. The molecule has 1 aliphatic heterocycles. The molecule has 1 heterocycles. The lowest BCUT2D eigenvalue weighted by atomic mass is 10.0. The fourth-order valence-electron chi connectivity index (χ4n) is 2.05. The van der Waals surface area contributed by atoms with Crippen LogP contribution in [0.3, 0.4) is 0 Å². The molecule has 8 nitrogen and oxygen atoms in total. The maximum atomic E-state index is 11.7. The smallest absolute Gasteiger partial charge is 0.325 e. The normalized spacial score (nSPS) is 24.1. The zero-order valence-corrected chi connectivity index (χ0v) is 12.4. The number of amides is 2. The van der Waals surface area contributed by atoms with E-state index in [9.17, 15) is 18.9 Å². The van der Waals surface area contributed by atoms with Crippen LogP contribution in [-0.2, 0) is 24.0 Å². The zero-order chi connectivity index (χ0) is 15.3. The van der Waals surface area contributed by atoms with Crippen LogP contribution < -0.4 is 5.32 Å². The predicted octanol–water partition coefficient (Wildman–Crippen LogP) is -0.192. The Hall–Kier alpha value is -1.32. The third-order valence-corrected chi connectivity index (χ3v) is 3.34. The van der Waals surface area contributed by atoms with Gasteiger partial charge < -0.3 is 23.8 Å². The first-order chi connectivity index (χ1) is 9.32. The van der Waals surface area contributed by atoms with E-state index in [4.69, 9.17) is 4.28 Å². The molecule has 116 valence electrons. The van der Waals surface area contributed by atoms with Gasteiger partial charge in [0, 0.05) is 20.6 Å². The Labute approximate surface area is 119 Å². The maximum Gasteiger partial charge on any atom is 0.325 e. The summed E-state index contributed by atoms with van der Waals surface area (Å²) in [5.74, 6) is 2.05. The molecule has 0 radical (unpaired) electrons. The van der Waals surface area contributed by atoms with Gasteiger partial charge in [0.25, 0.3) is 0 Å². The van der Waals surface area contributed by atoms with E-state index in [-0.39, 0.29) is 6.03 Å². The first-order valence-corrected chi connectivity index (χ1v) is 7.44. The SMILES string of the molecule is C=[S-](=O)ON1CCCCC(NC(=O)N(C)C)C1C(=O)O. The van der Waals surface area contributed by atoms with Crippen LogP contribution in [0.2, 0.25) is 0 Å².